The number of anilines is 1. The lowest BCUT2D eigenvalue weighted by atomic mass is 10.3. The van der Waals surface area contributed by atoms with E-state index in [-0.39, 0.29) is 5.69 Å². The largest absolute Gasteiger partial charge is 0.422 e. The Kier molecular flexibility index (Phi) is 2.67. The van der Waals surface area contributed by atoms with Gasteiger partial charge < -0.3 is 4.42 Å². The molecule has 2 aromatic heterocycles. The first kappa shape index (κ1) is 12.2. The summed E-state index contributed by atoms with van der Waals surface area (Å²) in [7, 11) is 0. The number of fused-ring (bicyclic) bond motifs is 1. The fourth-order valence-corrected chi connectivity index (χ4v) is 2.02. The van der Waals surface area contributed by atoms with Crippen LogP contribution in [0.15, 0.2) is 34.7 Å². The number of oxazole rings is 1. The third-order valence-corrected chi connectivity index (χ3v) is 3.06. The van der Waals surface area contributed by atoms with Crippen LogP contribution in [0, 0.1) is 24.0 Å². The molecule has 0 amide bonds. The molecule has 1 N–H and O–H groups in total. The maximum atomic E-state index is 10.7. The van der Waals surface area contributed by atoms with E-state index in [0.29, 0.717) is 17.1 Å². The molecule has 0 saturated carbocycles. The van der Waals surface area contributed by atoms with E-state index in [0.717, 1.165) is 11.4 Å². The van der Waals surface area contributed by atoms with Crippen molar-refractivity contribution in [3.05, 3.63) is 51.8 Å². The van der Waals surface area contributed by atoms with Gasteiger partial charge in [-0.1, -0.05) is 0 Å². The minimum Gasteiger partial charge on any atom is -0.422 e. The Morgan fingerprint density at radius 1 is 1.25 bits per heavy atom. The molecule has 0 saturated heterocycles. The van der Waals surface area contributed by atoms with Crippen LogP contribution in [-0.2, 0) is 0 Å². The van der Waals surface area contributed by atoms with Crippen molar-refractivity contribution < 1.29 is 9.34 Å². The summed E-state index contributed by atoms with van der Waals surface area (Å²) in [5.74, 6) is 0. The van der Waals surface area contributed by atoms with Crippen molar-refractivity contribution in [1.82, 2.24) is 9.66 Å². The lowest BCUT2D eigenvalue weighted by Gasteiger charge is -2.07. The van der Waals surface area contributed by atoms with E-state index in [4.69, 9.17) is 4.42 Å². The fraction of sp³-hybridized carbons (Fsp3) is 0.154. The second-order valence-corrected chi connectivity index (χ2v) is 4.49. The van der Waals surface area contributed by atoms with Gasteiger partial charge in [0.05, 0.1) is 11.0 Å². The van der Waals surface area contributed by atoms with E-state index in [9.17, 15) is 10.1 Å². The number of hydrogen-bond donors (Lipinski definition) is 1. The Morgan fingerprint density at radius 2 is 1.95 bits per heavy atom. The highest BCUT2D eigenvalue weighted by molar-refractivity contribution is 5.77. The van der Waals surface area contributed by atoms with Crippen molar-refractivity contribution >= 4 is 22.8 Å². The summed E-state index contributed by atoms with van der Waals surface area (Å²) >= 11 is 0. The summed E-state index contributed by atoms with van der Waals surface area (Å²) in [6, 6.07) is 8.57. The Labute approximate surface area is 114 Å². The summed E-state index contributed by atoms with van der Waals surface area (Å²) in [6.07, 6.45) is 0. The van der Waals surface area contributed by atoms with Gasteiger partial charge in [-0.05, 0) is 32.0 Å². The SMILES string of the molecule is Cc1ccc(C)n1Nc1nc2ccc([N+](=O)[O-])cc2o1. The first-order valence-corrected chi connectivity index (χ1v) is 6.01. The second-order valence-electron chi connectivity index (χ2n) is 4.49. The van der Waals surface area contributed by atoms with E-state index < -0.39 is 4.92 Å². The predicted molar refractivity (Wildman–Crippen MR) is 73.6 cm³/mol. The van der Waals surface area contributed by atoms with Crippen LogP contribution in [0.2, 0.25) is 0 Å². The van der Waals surface area contributed by atoms with Gasteiger partial charge in [0.15, 0.2) is 5.58 Å². The van der Waals surface area contributed by atoms with Gasteiger partial charge >= 0.3 is 6.01 Å². The van der Waals surface area contributed by atoms with Gasteiger partial charge in [0.25, 0.3) is 5.69 Å². The Balaban J connectivity index is 1.99. The van der Waals surface area contributed by atoms with Gasteiger partial charge in [0, 0.05) is 17.5 Å². The number of nitrogens with zero attached hydrogens (tertiary/aromatic N) is 3. The normalized spacial score (nSPS) is 10.9. The number of rotatable bonds is 3. The molecule has 0 aliphatic heterocycles. The number of nitro benzene ring substituents is 1. The number of nitro groups is 1. The van der Waals surface area contributed by atoms with E-state index in [1.165, 1.54) is 12.1 Å². The van der Waals surface area contributed by atoms with E-state index >= 15 is 0 Å². The highest BCUT2D eigenvalue weighted by Crippen LogP contribution is 2.24. The van der Waals surface area contributed by atoms with Gasteiger partial charge in [-0.25, -0.2) is 5.43 Å². The lowest BCUT2D eigenvalue weighted by Crippen LogP contribution is -2.12. The molecular weight excluding hydrogens is 260 g/mol. The second kappa shape index (κ2) is 4.37. The molecule has 0 aliphatic carbocycles. The summed E-state index contributed by atoms with van der Waals surface area (Å²) in [6.45, 7) is 3.90. The zero-order valence-corrected chi connectivity index (χ0v) is 11.0. The van der Waals surface area contributed by atoms with E-state index in [1.54, 1.807) is 6.07 Å². The summed E-state index contributed by atoms with van der Waals surface area (Å²) in [4.78, 5) is 14.5. The maximum Gasteiger partial charge on any atom is 0.315 e. The molecule has 3 rings (SSSR count). The van der Waals surface area contributed by atoms with Crippen molar-refractivity contribution in [2.75, 3.05) is 5.43 Å². The molecule has 0 spiro atoms. The topological polar surface area (TPSA) is 86.1 Å². The highest BCUT2D eigenvalue weighted by Gasteiger charge is 2.12. The maximum absolute atomic E-state index is 10.7. The van der Waals surface area contributed by atoms with Gasteiger partial charge in [0.1, 0.15) is 5.52 Å². The van der Waals surface area contributed by atoms with Gasteiger partial charge in [0.2, 0.25) is 0 Å². The van der Waals surface area contributed by atoms with Crippen LogP contribution in [0.3, 0.4) is 0 Å². The molecule has 0 radical (unpaired) electrons. The van der Waals surface area contributed by atoms with Crippen LogP contribution >= 0.6 is 0 Å². The molecule has 0 atom stereocenters. The molecule has 0 aliphatic rings. The summed E-state index contributed by atoms with van der Waals surface area (Å²) in [5, 5.41) is 10.7. The summed E-state index contributed by atoms with van der Waals surface area (Å²) < 4.78 is 7.33. The molecule has 7 nitrogen and oxygen atoms in total. The average molecular weight is 272 g/mol. The van der Waals surface area contributed by atoms with Crippen molar-refractivity contribution in [3.63, 3.8) is 0 Å². The zero-order valence-electron chi connectivity index (χ0n) is 11.0. The Hall–Kier alpha value is -2.83. The first-order chi connectivity index (χ1) is 9.54. The monoisotopic (exact) mass is 272 g/mol. The third kappa shape index (κ3) is 1.99. The van der Waals surface area contributed by atoms with Gasteiger partial charge in [-0.15, -0.1) is 0 Å². The van der Waals surface area contributed by atoms with Crippen LogP contribution in [0.5, 0.6) is 0 Å². The molecule has 20 heavy (non-hydrogen) atoms. The van der Waals surface area contributed by atoms with Gasteiger partial charge in [-0.3, -0.25) is 14.8 Å². The Bertz CT molecular complexity index is 784. The zero-order chi connectivity index (χ0) is 14.3. The quantitative estimate of drug-likeness (QED) is 0.585. The predicted octanol–water partition coefficient (Wildman–Crippen LogP) is 3.03. The molecule has 3 aromatic rings. The molecule has 7 heteroatoms. The molecule has 0 fully saturated rings. The van der Waals surface area contributed by atoms with Crippen LogP contribution in [0.1, 0.15) is 11.4 Å². The van der Waals surface area contributed by atoms with E-state index in [2.05, 4.69) is 10.4 Å². The van der Waals surface area contributed by atoms with Crippen molar-refractivity contribution in [3.8, 4) is 0 Å². The molecule has 102 valence electrons. The minimum atomic E-state index is -0.463. The lowest BCUT2D eigenvalue weighted by molar-refractivity contribution is -0.384. The highest BCUT2D eigenvalue weighted by atomic mass is 16.6. The average Bonchev–Trinajstić information content (AvgIpc) is 2.95. The van der Waals surface area contributed by atoms with Crippen LogP contribution in [-0.4, -0.2) is 14.6 Å². The number of aromatic nitrogens is 2. The van der Waals surface area contributed by atoms with Crippen LogP contribution in [0.25, 0.3) is 11.1 Å². The number of benzene rings is 1. The first-order valence-electron chi connectivity index (χ1n) is 6.01. The Morgan fingerprint density at radius 3 is 2.60 bits per heavy atom. The van der Waals surface area contributed by atoms with Crippen molar-refractivity contribution in [1.29, 1.82) is 0 Å². The van der Waals surface area contributed by atoms with Gasteiger partial charge in [-0.2, -0.15) is 4.98 Å². The third-order valence-electron chi connectivity index (χ3n) is 3.06. The number of aryl methyl sites for hydroxylation is 2. The minimum absolute atomic E-state index is 0.0199. The van der Waals surface area contributed by atoms with E-state index in [1.807, 2.05) is 30.7 Å². The number of hydrogen-bond acceptors (Lipinski definition) is 5. The standard InChI is InChI=1S/C13H12N4O3/c1-8-3-4-9(2)16(8)15-13-14-11-6-5-10(17(18)19)7-12(11)20-13/h3-7H,1-2H3,(H,14,15). The fourth-order valence-electron chi connectivity index (χ4n) is 2.02. The smallest absolute Gasteiger partial charge is 0.315 e. The number of non-ortho nitro benzene ring substituents is 1. The molecule has 0 bridgehead atoms. The van der Waals surface area contributed by atoms with Crippen molar-refractivity contribution in [2.24, 2.45) is 0 Å². The van der Waals surface area contributed by atoms with Crippen LogP contribution < -0.4 is 5.43 Å². The molecule has 1 aromatic carbocycles. The van der Waals surface area contributed by atoms with Crippen molar-refractivity contribution in [2.45, 2.75) is 13.8 Å². The molecule has 2 heterocycles. The summed E-state index contributed by atoms with van der Waals surface area (Å²) in [5.41, 5.74) is 5.98. The van der Waals surface area contributed by atoms with Crippen LogP contribution in [0.4, 0.5) is 11.7 Å². The molecular formula is C13H12N4O3. The number of nitrogens with one attached hydrogen (secondary N) is 1. The molecule has 0 unspecified atom stereocenters.